The molecular weight excluding hydrogens is 407 g/mol. The average molecular weight is 431 g/mol. The van der Waals surface area contributed by atoms with Crippen LogP contribution in [0.25, 0.3) is 0 Å². The number of aromatic nitrogens is 2. The Morgan fingerprint density at radius 2 is 2.11 bits per heavy atom. The summed E-state index contributed by atoms with van der Waals surface area (Å²) in [6.07, 6.45) is 0.646. The Morgan fingerprint density at radius 3 is 2.70 bits per heavy atom. The van der Waals surface area contributed by atoms with Crippen LogP contribution in [0, 0.1) is 15.7 Å². The van der Waals surface area contributed by atoms with Gasteiger partial charge in [0.1, 0.15) is 5.82 Å². The first-order valence-corrected chi connectivity index (χ1v) is 11.8. The summed E-state index contributed by atoms with van der Waals surface area (Å²) in [4.78, 5) is 2.16. The lowest BCUT2D eigenvalue weighted by molar-refractivity contribution is 0.138. The maximum Gasteiger partial charge on any atom is 0.209 e. The quantitative estimate of drug-likeness (QED) is 0.676. The molecule has 1 aromatic heterocycles. The lowest BCUT2D eigenvalue weighted by atomic mass is 10.1. The molecule has 1 aliphatic heterocycles. The van der Waals surface area contributed by atoms with E-state index in [1.54, 1.807) is 16.8 Å². The summed E-state index contributed by atoms with van der Waals surface area (Å²) in [7, 11) is -2.96. The molecule has 2 aromatic rings. The van der Waals surface area contributed by atoms with Crippen molar-refractivity contribution in [2.75, 3.05) is 23.4 Å². The van der Waals surface area contributed by atoms with E-state index in [0.29, 0.717) is 28.1 Å². The normalized spacial score (nSPS) is 19.1. The Morgan fingerprint density at radius 1 is 1.41 bits per heavy atom. The van der Waals surface area contributed by atoms with Crippen LogP contribution in [0.3, 0.4) is 0 Å². The van der Waals surface area contributed by atoms with Crippen molar-refractivity contribution in [2.24, 2.45) is 5.92 Å². The van der Waals surface area contributed by atoms with Gasteiger partial charge in [0.25, 0.3) is 0 Å². The van der Waals surface area contributed by atoms with Gasteiger partial charge in [-0.15, -0.1) is 5.10 Å². The van der Waals surface area contributed by atoms with Crippen LogP contribution in [0.2, 0.25) is 0 Å². The van der Waals surface area contributed by atoms with E-state index in [1.165, 1.54) is 23.5 Å². The number of rotatable bonds is 7. The molecule has 0 spiro atoms. The van der Waals surface area contributed by atoms with Crippen molar-refractivity contribution in [3.05, 3.63) is 34.0 Å². The molecule has 1 unspecified atom stereocenters. The Kier molecular flexibility index (Phi) is 6.29. The SMILES string of the molecule is CC(C)CN(Cn1nc(Nc2ccc(F)cc2)sc1=S)C1CCS(=O)(=O)C1. The van der Waals surface area contributed by atoms with E-state index >= 15 is 0 Å². The van der Waals surface area contributed by atoms with Gasteiger partial charge in [-0.2, -0.15) is 0 Å². The van der Waals surface area contributed by atoms with Crippen molar-refractivity contribution in [3.63, 3.8) is 0 Å². The van der Waals surface area contributed by atoms with Crippen LogP contribution in [0.15, 0.2) is 24.3 Å². The summed E-state index contributed by atoms with van der Waals surface area (Å²) >= 11 is 6.77. The van der Waals surface area contributed by atoms with Gasteiger partial charge in [-0.25, -0.2) is 17.5 Å². The van der Waals surface area contributed by atoms with Gasteiger partial charge < -0.3 is 5.32 Å². The van der Waals surface area contributed by atoms with E-state index < -0.39 is 9.84 Å². The fourth-order valence-corrected chi connectivity index (χ4v) is 5.90. The summed E-state index contributed by atoms with van der Waals surface area (Å²) < 4.78 is 39.1. The van der Waals surface area contributed by atoms with Crippen LogP contribution >= 0.6 is 23.6 Å². The zero-order valence-corrected chi connectivity index (χ0v) is 17.7. The van der Waals surface area contributed by atoms with E-state index in [0.717, 1.165) is 12.2 Å². The predicted molar refractivity (Wildman–Crippen MR) is 109 cm³/mol. The van der Waals surface area contributed by atoms with Crippen LogP contribution in [-0.4, -0.2) is 47.2 Å². The molecule has 148 valence electrons. The highest BCUT2D eigenvalue weighted by atomic mass is 32.2. The molecule has 1 atom stereocenters. The molecule has 1 fully saturated rings. The Labute approximate surface area is 167 Å². The standard InChI is InChI=1S/C17H23FN4O2S3/c1-12(2)9-21(15-7-8-27(23,24)10-15)11-22-17(25)26-16(20-22)19-14-5-3-13(18)4-6-14/h3-6,12,15H,7-11H2,1-2H3,(H,19,20). The van der Waals surface area contributed by atoms with E-state index in [4.69, 9.17) is 12.2 Å². The summed E-state index contributed by atoms with van der Waals surface area (Å²) in [5.74, 6) is 0.539. The molecule has 1 saturated heterocycles. The zero-order chi connectivity index (χ0) is 19.6. The van der Waals surface area contributed by atoms with Gasteiger partial charge in [-0.05, 0) is 48.8 Å². The number of anilines is 2. The number of benzene rings is 1. The van der Waals surface area contributed by atoms with Crippen molar-refractivity contribution in [3.8, 4) is 0 Å². The lowest BCUT2D eigenvalue weighted by Gasteiger charge is -2.29. The van der Waals surface area contributed by atoms with Crippen molar-refractivity contribution < 1.29 is 12.8 Å². The number of halogens is 1. The van der Waals surface area contributed by atoms with Gasteiger partial charge in [0.2, 0.25) is 5.13 Å². The van der Waals surface area contributed by atoms with Crippen molar-refractivity contribution in [2.45, 2.75) is 33.0 Å². The van der Waals surface area contributed by atoms with Gasteiger partial charge in [-0.1, -0.05) is 25.2 Å². The first-order valence-electron chi connectivity index (χ1n) is 8.77. The Hall–Kier alpha value is -1.36. The van der Waals surface area contributed by atoms with Gasteiger partial charge in [0, 0.05) is 18.3 Å². The molecule has 0 amide bonds. The number of nitrogens with zero attached hydrogens (tertiary/aromatic N) is 3. The zero-order valence-electron chi connectivity index (χ0n) is 15.3. The molecule has 0 saturated carbocycles. The van der Waals surface area contributed by atoms with Gasteiger partial charge in [0.05, 0.1) is 18.2 Å². The highest BCUT2D eigenvalue weighted by Gasteiger charge is 2.32. The number of hydrogen-bond acceptors (Lipinski definition) is 7. The van der Waals surface area contributed by atoms with Crippen LogP contribution in [0.1, 0.15) is 20.3 Å². The summed E-state index contributed by atoms with van der Waals surface area (Å²) in [6, 6.07) is 6.03. The second-order valence-electron chi connectivity index (χ2n) is 7.17. The molecule has 1 aromatic carbocycles. The van der Waals surface area contributed by atoms with Crippen molar-refractivity contribution in [1.29, 1.82) is 0 Å². The minimum atomic E-state index is -2.96. The van der Waals surface area contributed by atoms with Crippen molar-refractivity contribution >= 4 is 44.2 Å². The van der Waals surface area contributed by atoms with E-state index in [1.807, 2.05) is 0 Å². The summed E-state index contributed by atoms with van der Waals surface area (Å²) in [5.41, 5.74) is 0.730. The number of sulfone groups is 1. The Bertz CT molecular complexity index is 938. The second kappa shape index (κ2) is 8.34. The lowest BCUT2D eigenvalue weighted by Crippen LogP contribution is -2.40. The van der Waals surface area contributed by atoms with E-state index in [2.05, 4.69) is 29.2 Å². The third kappa shape index (κ3) is 5.56. The van der Waals surface area contributed by atoms with Gasteiger partial charge >= 0.3 is 0 Å². The summed E-state index contributed by atoms with van der Waals surface area (Å²) in [5, 5.41) is 8.27. The van der Waals surface area contributed by atoms with Crippen LogP contribution in [0.5, 0.6) is 0 Å². The van der Waals surface area contributed by atoms with Crippen LogP contribution < -0.4 is 5.32 Å². The van der Waals surface area contributed by atoms with E-state index in [-0.39, 0.29) is 23.4 Å². The summed E-state index contributed by atoms with van der Waals surface area (Å²) in [6.45, 7) is 5.45. The average Bonchev–Trinajstić information content (AvgIpc) is 3.11. The minimum absolute atomic E-state index is 0.00509. The first-order chi connectivity index (χ1) is 12.7. The third-order valence-electron chi connectivity index (χ3n) is 4.34. The molecule has 2 heterocycles. The highest BCUT2D eigenvalue weighted by Crippen LogP contribution is 2.23. The van der Waals surface area contributed by atoms with E-state index in [9.17, 15) is 12.8 Å². The minimum Gasteiger partial charge on any atom is -0.330 e. The molecule has 6 nitrogen and oxygen atoms in total. The largest absolute Gasteiger partial charge is 0.330 e. The highest BCUT2D eigenvalue weighted by molar-refractivity contribution is 7.91. The second-order valence-corrected chi connectivity index (χ2v) is 11.0. The molecule has 3 rings (SSSR count). The monoisotopic (exact) mass is 430 g/mol. The topological polar surface area (TPSA) is 67.2 Å². The predicted octanol–water partition coefficient (Wildman–Crippen LogP) is 3.66. The molecule has 1 aliphatic rings. The molecule has 1 N–H and O–H groups in total. The third-order valence-corrected chi connectivity index (χ3v) is 7.32. The van der Waals surface area contributed by atoms with Gasteiger partial charge in [-0.3, -0.25) is 4.90 Å². The number of nitrogens with one attached hydrogen (secondary N) is 1. The maximum absolute atomic E-state index is 13.0. The van der Waals surface area contributed by atoms with Gasteiger partial charge in [0.15, 0.2) is 13.8 Å². The van der Waals surface area contributed by atoms with Crippen LogP contribution in [-0.2, 0) is 16.5 Å². The molecule has 0 bridgehead atoms. The molecular formula is C17H23FN4O2S3. The molecule has 0 aliphatic carbocycles. The molecule has 10 heteroatoms. The smallest absolute Gasteiger partial charge is 0.209 e. The number of hydrogen-bond donors (Lipinski definition) is 1. The fraction of sp³-hybridized carbons (Fsp3) is 0.529. The first kappa shape index (κ1) is 20.4. The molecule has 0 radical (unpaired) electrons. The Balaban J connectivity index is 1.75. The van der Waals surface area contributed by atoms with Crippen LogP contribution in [0.4, 0.5) is 15.2 Å². The van der Waals surface area contributed by atoms with Crippen molar-refractivity contribution in [1.82, 2.24) is 14.7 Å². The molecule has 27 heavy (non-hydrogen) atoms. The fourth-order valence-electron chi connectivity index (χ4n) is 3.13. The maximum atomic E-state index is 13.0.